The molecule has 0 aliphatic carbocycles. The largest absolute Gasteiger partial charge is 0.481 e. The quantitative estimate of drug-likeness (QED) is 0.705. The molecule has 0 unspecified atom stereocenters. The minimum absolute atomic E-state index is 0.149. The van der Waals surface area contributed by atoms with Gasteiger partial charge in [-0.1, -0.05) is 72.8 Å². The van der Waals surface area contributed by atoms with Gasteiger partial charge in [0.2, 0.25) is 0 Å². The van der Waals surface area contributed by atoms with Crippen LogP contribution in [0.1, 0.15) is 29.7 Å². The monoisotopic (exact) mass is 345 g/mol. The number of carbonyl (C=O) groups excluding carboxylic acids is 1. The van der Waals surface area contributed by atoms with Gasteiger partial charge in [0, 0.05) is 0 Å². The maximum absolute atomic E-state index is 12.8. The number of amides is 1. The zero-order chi connectivity index (χ0) is 18.4. The molecule has 0 radical (unpaired) electrons. The van der Waals surface area contributed by atoms with Crippen molar-refractivity contribution >= 4 is 5.91 Å². The first kappa shape index (κ1) is 17.7. The van der Waals surface area contributed by atoms with E-state index in [1.165, 1.54) is 0 Å². The molecule has 3 rings (SSSR count). The fourth-order valence-electron chi connectivity index (χ4n) is 2.86. The molecule has 0 saturated heterocycles. The van der Waals surface area contributed by atoms with Crippen LogP contribution >= 0.6 is 0 Å². The van der Waals surface area contributed by atoms with Crippen LogP contribution in [0.2, 0.25) is 0 Å². The van der Waals surface area contributed by atoms with Crippen molar-refractivity contribution in [2.45, 2.75) is 26.0 Å². The molecule has 3 nitrogen and oxygen atoms in total. The van der Waals surface area contributed by atoms with Crippen LogP contribution in [0.5, 0.6) is 5.75 Å². The van der Waals surface area contributed by atoms with Gasteiger partial charge in [-0.3, -0.25) is 4.79 Å². The number of aryl methyl sites for hydroxylation is 1. The Balaban J connectivity index is 1.77. The first-order valence-corrected chi connectivity index (χ1v) is 8.77. The molecule has 1 N–H and O–H groups in total. The van der Waals surface area contributed by atoms with Gasteiger partial charge in [0.05, 0.1) is 6.04 Å². The summed E-state index contributed by atoms with van der Waals surface area (Å²) in [6, 6.07) is 27.4. The lowest BCUT2D eigenvalue weighted by Gasteiger charge is -2.22. The molecule has 26 heavy (non-hydrogen) atoms. The van der Waals surface area contributed by atoms with Crippen LogP contribution in [0.4, 0.5) is 0 Å². The second-order valence-electron chi connectivity index (χ2n) is 6.34. The van der Waals surface area contributed by atoms with E-state index in [2.05, 4.69) is 5.32 Å². The lowest BCUT2D eigenvalue weighted by molar-refractivity contribution is -0.127. The van der Waals surface area contributed by atoms with E-state index in [0.717, 1.165) is 16.7 Å². The van der Waals surface area contributed by atoms with E-state index in [1.54, 1.807) is 6.92 Å². The highest BCUT2D eigenvalue weighted by Crippen LogP contribution is 2.22. The molecule has 3 aromatic rings. The highest BCUT2D eigenvalue weighted by molar-refractivity contribution is 5.81. The highest BCUT2D eigenvalue weighted by atomic mass is 16.5. The third-order valence-electron chi connectivity index (χ3n) is 4.22. The summed E-state index contributed by atoms with van der Waals surface area (Å²) in [5.41, 5.74) is 3.17. The van der Waals surface area contributed by atoms with E-state index < -0.39 is 6.10 Å². The molecule has 3 heteroatoms. The summed E-state index contributed by atoms with van der Waals surface area (Å²) in [6.45, 7) is 3.77. The molecule has 0 fully saturated rings. The number of hydrogen-bond donors (Lipinski definition) is 1. The molecule has 0 bridgehead atoms. The van der Waals surface area contributed by atoms with E-state index >= 15 is 0 Å². The highest BCUT2D eigenvalue weighted by Gasteiger charge is 2.21. The second kappa shape index (κ2) is 8.34. The van der Waals surface area contributed by atoms with Crippen molar-refractivity contribution in [3.05, 3.63) is 102 Å². The molecule has 0 aliphatic rings. The number of carbonyl (C=O) groups is 1. The molecular formula is C23H23NO2. The summed E-state index contributed by atoms with van der Waals surface area (Å²) in [5.74, 6) is 0.549. The molecule has 0 spiro atoms. The van der Waals surface area contributed by atoms with Crippen molar-refractivity contribution in [2.24, 2.45) is 0 Å². The average molecular weight is 345 g/mol. The normalized spacial score (nSPS) is 11.8. The molecule has 132 valence electrons. The van der Waals surface area contributed by atoms with Crippen LogP contribution in [-0.4, -0.2) is 12.0 Å². The van der Waals surface area contributed by atoms with Crippen LogP contribution in [0.3, 0.4) is 0 Å². The Morgan fingerprint density at radius 2 is 1.42 bits per heavy atom. The Labute approximate surface area is 154 Å². The van der Waals surface area contributed by atoms with Crippen molar-refractivity contribution in [1.82, 2.24) is 5.32 Å². The third-order valence-corrected chi connectivity index (χ3v) is 4.22. The van der Waals surface area contributed by atoms with Crippen molar-refractivity contribution in [3.8, 4) is 5.75 Å². The van der Waals surface area contributed by atoms with Crippen LogP contribution in [0.25, 0.3) is 0 Å². The molecule has 0 heterocycles. The third kappa shape index (κ3) is 4.51. The summed E-state index contributed by atoms with van der Waals surface area (Å²) in [6.07, 6.45) is -0.591. The summed E-state index contributed by atoms with van der Waals surface area (Å²) in [5, 5.41) is 3.12. The molecule has 1 atom stereocenters. The topological polar surface area (TPSA) is 38.3 Å². The van der Waals surface area contributed by atoms with E-state index in [-0.39, 0.29) is 11.9 Å². The van der Waals surface area contributed by atoms with Gasteiger partial charge in [-0.2, -0.15) is 0 Å². The lowest BCUT2D eigenvalue weighted by atomic mass is 9.98. The summed E-state index contributed by atoms with van der Waals surface area (Å²) >= 11 is 0. The van der Waals surface area contributed by atoms with Gasteiger partial charge in [0.25, 0.3) is 5.91 Å². The maximum atomic E-state index is 12.8. The fourth-order valence-corrected chi connectivity index (χ4v) is 2.86. The Bertz CT molecular complexity index is 807. The van der Waals surface area contributed by atoms with E-state index in [1.807, 2.05) is 91.9 Å². The fraction of sp³-hybridized carbons (Fsp3) is 0.174. The predicted molar refractivity (Wildman–Crippen MR) is 104 cm³/mol. The Morgan fingerprint density at radius 1 is 0.846 bits per heavy atom. The Morgan fingerprint density at radius 3 is 1.96 bits per heavy atom. The zero-order valence-electron chi connectivity index (χ0n) is 15.1. The molecule has 0 aromatic heterocycles. The van der Waals surface area contributed by atoms with Gasteiger partial charge in [-0.25, -0.2) is 0 Å². The van der Waals surface area contributed by atoms with Gasteiger partial charge in [0.15, 0.2) is 6.10 Å². The molecular weight excluding hydrogens is 322 g/mol. The van der Waals surface area contributed by atoms with Gasteiger partial charge in [0.1, 0.15) is 5.75 Å². The number of hydrogen-bond acceptors (Lipinski definition) is 2. The van der Waals surface area contributed by atoms with Crippen molar-refractivity contribution in [3.63, 3.8) is 0 Å². The van der Waals surface area contributed by atoms with Crippen molar-refractivity contribution in [1.29, 1.82) is 0 Å². The lowest BCUT2D eigenvalue weighted by Crippen LogP contribution is -2.39. The summed E-state index contributed by atoms with van der Waals surface area (Å²) in [4.78, 5) is 12.8. The van der Waals surface area contributed by atoms with Crippen molar-refractivity contribution < 1.29 is 9.53 Å². The van der Waals surface area contributed by atoms with Crippen LogP contribution in [0, 0.1) is 6.92 Å². The second-order valence-corrected chi connectivity index (χ2v) is 6.34. The van der Waals surface area contributed by atoms with E-state index in [4.69, 9.17) is 4.74 Å². The van der Waals surface area contributed by atoms with E-state index in [0.29, 0.717) is 5.75 Å². The van der Waals surface area contributed by atoms with Crippen molar-refractivity contribution in [2.75, 3.05) is 0 Å². The van der Waals surface area contributed by atoms with Gasteiger partial charge >= 0.3 is 0 Å². The minimum atomic E-state index is -0.591. The first-order chi connectivity index (χ1) is 12.6. The van der Waals surface area contributed by atoms with Crippen LogP contribution < -0.4 is 10.1 Å². The average Bonchev–Trinajstić information content (AvgIpc) is 2.67. The number of ether oxygens (including phenoxy) is 1. The number of rotatable bonds is 6. The Hall–Kier alpha value is -3.07. The first-order valence-electron chi connectivity index (χ1n) is 8.77. The number of nitrogens with one attached hydrogen (secondary N) is 1. The molecule has 1 amide bonds. The van der Waals surface area contributed by atoms with E-state index in [9.17, 15) is 4.79 Å². The molecule has 3 aromatic carbocycles. The Kier molecular flexibility index (Phi) is 5.69. The molecule has 0 aliphatic heterocycles. The summed E-state index contributed by atoms with van der Waals surface area (Å²) < 4.78 is 5.82. The summed E-state index contributed by atoms with van der Waals surface area (Å²) in [7, 11) is 0. The number of benzene rings is 3. The van der Waals surface area contributed by atoms with Crippen LogP contribution in [-0.2, 0) is 4.79 Å². The standard InChI is InChI=1S/C23H23NO2/c1-17-10-9-15-21(16-17)26-18(2)23(25)24-22(19-11-5-3-6-12-19)20-13-7-4-8-14-20/h3-16,18,22H,1-2H3,(H,24,25)/t18-/m1/s1. The van der Waals surface area contributed by atoms with Crippen LogP contribution in [0.15, 0.2) is 84.9 Å². The SMILES string of the molecule is Cc1cccc(O[C@H](C)C(=O)NC(c2ccccc2)c2ccccc2)c1. The van der Waals surface area contributed by atoms with Gasteiger partial charge in [-0.15, -0.1) is 0 Å². The smallest absolute Gasteiger partial charge is 0.261 e. The van der Waals surface area contributed by atoms with Gasteiger partial charge in [-0.05, 0) is 42.7 Å². The maximum Gasteiger partial charge on any atom is 0.261 e. The molecule has 0 saturated carbocycles. The minimum Gasteiger partial charge on any atom is -0.481 e. The zero-order valence-corrected chi connectivity index (χ0v) is 15.1. The predicted octanol–water partition coefficient (Wildman–Crippen LogP) is 4.67. The van der Waals surface area contributed by atoms with Gasteiger partial charge < -0.3 is 10.1 Å².